The molecule has 0 spiro atoms. The summed E-state index contributed by atoms with van der Waals surface area (Å²) in [4.78, 5) is 54.5. The number of carboxylic acid groups (broad SMARTS) is 1. The molecule has 0 bridgehead atoms. The number of hydrogen-bond acceptors (Lipinski definition) is 13. The van der Waals surface area contributed by atoms with Crippen LogP contribution in [0.3, 0.4) is 0 Å². The lowest BCUT2D eigenvalue weighted by Crippen LogP contribution is -2.71. The van der Waals surface area contributed by atoms with E-state index in [-0.39, 0.29) is 53.0 Å². The van der Waals surface area contributed by atoms with Crippen LogP contribution in [0.25, 0.3) is 11.0 Å². The van der Waals surface area contributed by atoms with Gasteiger partial charge in [0.05, 0.1) is 31.4 Å². The lowest BCUT2D eigenvalue weighted by Gasteiger charge is -2.50. The molecular weight excluding hydrogens is 730 g/mol. The molecule has 2 fully saturated rings. The molecule has 0 radical (unpaired) electrons. The zero-order valence-electron chi connectivity index (χ0n) is 28.3. The minimum Gasteiger partial charge on any atom is -0.543 e. The molecule has 0 saturated carbocycles. The second-order valence-corrected chi connectivity index (χ2v) is 14.3. The maximum absolute atomic E-state index is 15.3. The minimum atomic E-state index is -1.51. The van der Waals surface area contributed by atoms with Crippen LogP contribution in [-0.4, -0.2) is 87.4 Å². The molecule has 4 aromatic rings. The first-order valence-corrected chi connectivity index (χ1v) is 18.4. The van der Waals surface area contributed by atoms with E-state index in [0.29, 0.717) is 42.8 Å². The predicted octanol–water partition coefficient (Wildman–Crippen LogP) is 0.425. The van der Waals surface area contributed by atoms with Crippen molar-refractivity contribution in [2.45, 2.75) is 43.5 Å². The first-order chi connectivity index (χ1) is 25.6. The van der Waals surface area contributed by atoms with Gasteiger partial charge >= 0.3 is 0 Å². The van der Waals surface area contributed by atoms with Crippen LogP contribution in [0.5, 0.6) is 0 Å². The number of carbonyl (C=O) groups is 3. The Morgan fingerprint density at radius 3 is 2.75 bits per heavy atom. The van der Waals surface area contributed by atoms with Crippen molar-refractivity contribution in [3.63, 3.8) is 0 Å². The molecule has 53 heavy (non-hydrogen) atoms. The van der Waals surface area contributed by atoms with Gasteiger partial charge in [-0.15, -0.1) is 23.1 Å². The maximum Gasteiger partial charge on any atom is 0.276 e. The summed E-state index contributed by atoms with van der Waals surface area (Å²) in [5.74, 6) is -2.97. The molecule has 1 aromatic carbocycles. The summed E-state index contributed by atoms with van der Waals surface area (Å²) in [6.45, 7) is 1.54. The summed E-state index contributed by atoms with van der Waals surface area (Å²) < 4.78 is 24.4. The average molecular weight is 764 g/mol. The number of aliphatic carboxylic acids is 1. The van der Waals surface area contributed by atoms with Gasteiger partial charge in [0.25, 0.3) is 11.8 Å². The van der Waals surface area contributed by atoms with Crippen LogP contribution in [0.15, 0.2) is 75.8 Å². The summed E-state index contributed by atoms with van der Waals surface area (Å²) in [5, 5.41) is 23.9. The summed E-state index contributed by atoms with van der Waals surface area (Å²) in [5.41, 5.74) is 14.4. The van der Waals surface area contributed by atoms with Crippen LogP contribution in [0.2, 0.25) is 0 Å². The minimum absolute atomic E-state index is 0.0790. The molecule has 16 nitrogen and oxygen atoms in total. The number of oxime groups is 2. The van der Waals surface area contributed by atoms with Crippen LogP contribution in [0.1, 0.15) is 29.7 Å². The van der Waals surface area contributed by atoms with Crippen LogP contribution >= 0.6 is 23.1 Å². The molecule has 3 aliphatic heterocycles. The average Bonchev–Trinajstić information content (AvgIpc) is 3.78. The fourth-order valence-electron chi connectivity index (χ4n) is 6.38. The fraction of sp³-hybridized carbons (Fsp3) is 0.324. The third-order valence-corrected chi connectivity index (χ3v) is 11.0. The Balaban J connectivity index is 1.06. The van der Waals surface area contributed by atoms with Crippen LogP contribution in [0, 0.1) is 5.82 Å². The Morgan fingerprint density at radius 1 is 1.23 bits per heavy atom. The van der Waals surface area contributed by atoms with Crippen LogP contribution < -0.4 is 26.5 Å². The number of halogens is 1. The molecule has 19 heteroatoms. The van der Waals surface area contributed by atoms with Gasteiger partial charge in [-0.2, -0.15) is 4.57 Å². The Hall–Kier alpha value is -5.53. The van der Waals surface area contributed by atoms with E-state index in [9.17, 15) is 19.5 Å². The van der Waals surface area contributed by atoms with Gasteiger partial charge in [-0.25, -0.2) is 9.37 Å². The monoisotopic (exact) mass is 763 g/mol. The van der Waals surface area contributed by atoms with Crippen LogP contribution in [-0.2, 0) is 41.9 Å². The van der Waals surface area contributed by atoms with Gasteiger partial charge in [0.15, 0.2) is 29.4 Å². The lowest BCUT2D eigenvalue weighted by atomic mass is 10.0. The maximum atomic E-state index is 15.3. The number of nitrogen functional groups attached to an aromatic ring is 1. The highest BCUT2D eigenvalue weighted by molar-refractivity contribution is 8.00. The van der Waals surface area contributed by atoms with E-state index in [1.165, 1.54) is 30.3 Å². The van der Waals surface area contributed by atoms with Crippen molar-refractivity contribution in [2.75, 3.05) is 31.8 Å². The van der Waals surface area contributed by atoms with Gasteiger partial charge in [-0.05, 0) is 12.1 Å². The van der Waals surface area contributed by atoms with E-state index >= 15 is 4.39 Å². The Labute approximate surface area is 309 Å². The summed E-state index contributed by atoms with van der Waals surface area (Å²) in [6.07, 6.45) is 4.95. The Kier molecular flexibility index (Phi) is 10.3. The number of benzene rings is 1. The highest BCUT2D eigenvalue weighted by Gasteiger charge is 2.53. The molecular formula is C34H34FN9O7S2. The van der Waals surface area contributed by atoms with E-state index < -0.39 is 35.0 Å². The van der Waals surface area contributed by atoms with Gasteiger partial charge in [0, 0.05) is 59.0 Å². The van der Waals surface area contributed by atoms with E-state index in [1.807, 2.05) is 27.5 Å². The van der Waals surface area contributed by atoms with Crippen molar-refractivity contribution in [2.24, 2.45) is 16.0 Å². The van der Waals surface area contributed by atoms with E-state index in [1.54, 1.807) is 24.4 Å². The Bertz CT molecular complexity index is 2180. The first-order valence-electron chi connectivity index (χ1n) is 16.5. The van der Waals surface area contributed by atoms with Crippen molar-refractivity contribution in [1.29, 1.82) is 0 Å². The summed E-state index contributed by atoms with van der Waals surface area (Å²) in [6, 6.07) is 9.19. The zero-order chi connectivity index (χ0) is 37.2. The van der Waals surface area contributed by atoms with Gasteiger partial charge in [-0.1, -0.05) is 22.4 Å². The smallest absolute Gasteiger partial charge is 0.276 e. The number of carbonyl (C=O) groups excluding carboxylic acids is 3. The number of amidine groups is 1. The van der Waals surface area contributed by atoms with Crippen molar-refractivity contribution in [1.82, 2.24) is 19.8 Å². The van der Waals surface area contributed by atoms with Crippen molar-refractivity contribution in [3.05, 3.63) is 88.1 Å². The fourth-order valence-corrected chi connectivity index (χ4v) is 8.26. The second kappa shape index (κ2) is 15.2. The number of amides is 2. The molecule has 0 unspecified atom stereocenters. The number of anilines is 1. The van der Waals surface area contributed by atoms with E-state index in [4.69, 9.17) is 25.9 Å². The molecule has 6 heterocycles. The molecule has 0 aliphatic carbocycles. The molecule has 2 atom stereocenters. The molecule has 3 aromatic heterocycles. The highest BCUT2D eigenvalue weighted by Crippen LogP contribution is 2.40. The molecule has 276 valence electrons. The molecule has 7 rings (SSSR count). The quantitative estimate of drug-likeness (QED) is 0.0591. The first kappa shape index (κ1) is 35.9. The van der Waals surface area contributed by atoms with Gasteiger partial charge in [0.2, 0.25) is 5.52 Å². The van der Waals surface area contributed by atoms with Gasteiger partial charge in [-0.3, -0.25) is 14.5 Å². The number of nitrogens with two attached hydrogens (primary N) is 2. The molecule has 5 N–H and O–H groups in total. The summed E-state index contributed by atoms with van der Waals surface area (Å²) in [7, 11) is 1.26. The SMILES string of the molecule is CO/N=C(\C(=O)N[C@@H]1C(=O)N2C(C(=O)[O-])=C(C[n+]3cccc4c3ccn4Cc3ccc(/C(N)=N/OC4CCOCC4)cc3F)CS[C@H]12)c1csc(N)n1. The number of pyridine rings is 1. The number of aromatic nitrogens is 3. The number of thioether (sulfide) groups is 1. The van der Waals surface area contributed by atoms with Crippen molar-refractivity contribution < 1.29 is 42.9 Å². The topological polar surface area (TPSA) is 216 Å². The second-order valence-electron chi connectivity index (χ2n) is 12.3. The number of rotatable bonds is 12. The highest BCUT2D eigenvalue weighted by atomic mass is 32.2. The van der Waals surface area contributed by atoms with Crippen molar-refractivity contribution >= 4 is 68.6 Å². The van der Waals surface area contributed by atoms with Crippen LogP contribution in [0.4, 0.5) is 9.52 Å². The Morgan fingerprint density at radius 2 is 2.04 bits per heavy atom. The van der Waals surface area contributed by atoms with Gasteiger partial charge < -0.3 is 45.7 Å². The lowest BCUT2D eigenvalue weighted by molar-refractivity contribution is -0.663. The standard InChI is InChI=1S/C34H34FN9O7S2/c1-49-40-26(23-17-53-34(37)38-23)30(45)39-27-31(46)44-28(33(47)48)20(16-52-32(27)44)15-42-9-2-3-24-25(42)6-10-43(24)14-19-5-4-18(13-22(19)35)29(36)41-51-21-7-11-50-12-8-21/h2-6,9-10,13,17,21,27,32H,7-8,11-12,14-16H2,1H3,(H5-,36,37,38,39,41,45,47,48)/b40-26-/t27-,32-/m1/s1. The number of hydrogen-bond donors (Lipinski definition) is 3. The predicted molar refractivity (Wildman–Crippen MR) is 190 cm³/mol. The molecule has 2 amide bonds. The number of nitrogens with one attached hydrogen (secondary N) is 1. The molecule has 3 aliphatic rings. The largest absolute Gasteiger partial charge is 0.543 e. The van der Waals surface area contributed by atoms with E-state index in [2.05, 4.69) is 20.6 Å². The van der Waals surface area contributed by atoms with E-state index in [0.717, 1.165) is 27.3 Å². The third kappa shape index (κ3) is 7.26. The zero-order valence-corrected chi connectivity index (χ0v) is 29.9. The summed E-state index contributed by atoms with van der Waals surface area (Å²) >= 11 is 2.42. The molecule has 2 saturated heterocycles. The number of fused-ring (bicyclic) bond motifs is 2. The number of thiazole rings is 1. The third-order valence-electron chi connectivity index (χ3n) is 9.02. The number of β-lactam (4-membered cyclic amide) rings is 1. The number of ether oxygens (including phenoxy) is 1. The number of carboxylic acids is 1. The van der Waals surface area contributed by atoms with Crippen molar-refractivity contribution in [3.8, 4) is 0 Å². The van der Waals surface area contributed by atoms with Gasteiger partial charge in [0.1, 0.15) is 41.7 Å². The normalized spacial score (nSPS) is 19.6. The number of nitrogens with zero attached hydrogens (tertiary/aromatic N) is 6.